The number of hydrogen-bond donors (Lipinski definition) is 0. The van der Waals surface area contributed by atoms with Crippen LogP contribution in [-0.2, 0) is 10.1 Å². The molecule has 0 amide bonds. The molecule has 0 unspecified atom stereocenters. The monoisotopic (exact) mass is 270 g/mol. The van der Waals surface area contributed by atoms with Crippen molar-refractivity contribution >= 4 is 21.7 Å². The molecule has 0 aromatic carbocycles. The quantitative estimate of drug-likeness (QED) is 0.797. The molecule has 0 aliphatic rings. The summed E-state index contributed by atoms with van der Waals surface area (Å²) in [4.78, 5) is 7.41. The van der Waals surface area contributed by atoms with E-state index >= 15 is 0 Å². The van der Waals surface area contributed by atoms with Crippen molar-refractivity contribution in [2.24, 2.45) is 0 Å². The number of rotatable bonds is 3. The van der Waals surface area contributed by atoms with Gasteiger partial charge in [0.05, 0.1) is 5.02 Å². The Morgan fingerprint density at radius 3 is 2.59 bits per heavy atom. The summed E-state index contributed by atoms with van der Waals surface area (Å²) in [6.07, 6.45) is 3.97. The zero-order valence-corrected chi connectivity index (χ0v) is 10.0. The molecule has 2 aromatic heterocycles. The van der Waals surface area contributed by atoms with Crippen LogP contribution in [0.2, 0.25) is 5.02 Å². The molecule has 2 aromatic rings. The van der Waals surface area contributed by atoms with Gasteiger partial charge in [0, 0.05) is 24.7 Å². The SMILES string of the molecule is O=S(=O)(Oc1ccc(Cl)cn1)c1cccnc1. The smallest absolute Gasteiger partial charge is 0.342 e. The molecule has 0 N–H and O–H groups in total. The van der Waals surface area contributed by atoms with E-state index in [4.69, 9.17) is 15.8 Å². The van der Waals surface area contributed by atoms with E-state index in [0.29, 0.717) is 5.02 Å². The van der Waals surface area contributed by atoms with Gasteiger partial charge in [0.2, 0.25) is 5.88 Å². The van der Waals surface area contributed by atoms with Crippen LogP contribution in [0.25, 0.3) is 0 Å². The summed E-state index contributed by atoms with van der Waals surface area (Å²) in [5.41, 5.74) is 0. The highest BCUT2D eigenvalue weighted by atomic mass is 35.5. The van der Waals surface area contributed by atoms with E-state index in [0.717, 1.165) is 0 Å². The van der Waals surface area contributed by atoms with Crippen LogP contribution in [0.1, 0.15) is 0 Å². The topological polar surface area (TPSA) is 69.2 Å². The van der Waals surface area contributed by atoms with Crippen LogP contribution in [0.5, 0.6) is 5.88 Å². The van der Waals surface area contributed by atoms with Crippen molar-refractivity contribution < 1.29 is 12.6 Å². The van der Waals surface area contributed by atoms with E-state index in [1.165, 1.54) is 42.9 Å². The molecule has 0 saturated carbocycles. The van der Waals surface area contributed by atoms with E-state index in [-0.39, 0.29) is 10.8 Å². The number of aromatic nitrogens is 2. The third-order valence-electron chi connectivity index (χ3n) is 1.82. The molecule has 17 heavy (non-hydrogen) atoms. The van der Waals surface area contributed by atoms with Crippen molar-refractivity contribution in [1.29, 1.82) is 0 Å². The van der Waals surface area contributed by atoms with Gasteiger partial charge < -0.3 is 4.18 Å². The fourth-order valence-electron chi connectivity index (χ4n) is 1.07. The summed E-state index contributed by atoms with van der Waals surface area (Å²) in [7, 11) is -3.89. The normalized spacial score (nSPS) is 11.1. The molecule has 0 atom stereocenters. The Hall–Kier alpha value is -1.66. The Labute approximate surface area is 103 Å². The lowest BCUT2D eigenvalue weighted by Crippen LogP contribution is -2.10. The minimum atomic E-state index is -3.89. The van der Waals surface area contributed by atoms with Crippen LogP contribution >= 0.6 is 11.6 Å². The average molecular weight is 271 g/mol. The highest BCUT2D eigenvalue weighted by Crippen LogP contribution is 2.17. The molecule has 88 valence electrons. The molecule has 2 rings (SSSR count). The van der Waals surface area contributed by atoms with E-state index in [9.17, 15) is 8.42 Å². The van der Waals surface area contributed by atoms with Crippen molar-refractivity contribution in [3.05, 3.63) is 47.9 Å². The highest BCUT2D eigenvalue weighted by molar-refractivity contribution is 7.87. The van der Waals surface area contributed by atoms with Crippen molar-refractivity contribution in [2.45, 2.75) is 4.90 Å². The average Bonchev–Trinajstić information content (AvgIpc) is 2.33. The van der Waals surface area contributed by atoms with Crippen molar-refractivity contribution in [3.8, 4) is 5.88 Å². The molecule has 0 aliphatic heterocycles. The van der Waals surface area contributed by atoms with Gasteiger partial charge in [-0.25, -0.2) is 4.98 Å². The van der Waals surface area contributed by atoms with Gasteiger partial charge >= 0.3 is 10.1 Å². The second-order valence-electron chi connectivity index (χ2n) is 3.04. The molecule has 2 heterocycles. The third-order valence-corrected chi connectivity index (χ3v) is 3.25. The Bertz CT molecular complexity index is 599. The van der Waals surface area contributed by atoms with Crippen molar-refractivity contribution in [1.82, 2.24) is 9.97 Å². The molecule has 0 fully saturated rings. The minimum Gasteiger partial charge on any atom is -0.358 e. The van der Waals surface area contributed by atoms with Gasteiger partial charge in [0.1, 0.15) is 4.90 Å². The molecule has 0 saturated heterocycles. The van der Waals surface area contributed by atoms with E-state index in [1.54, 1.807) is 0 Å². The molecule has 0 radical (unpaired) electrons. The predicted octanol–water partition coefficient (Wildman–Crippen LogP) is 1.90. The van der Waals surface area contributed by atoms with Crippen LogP contribution in [0.4, 0.5) is 0 Å². The second-order valence-corrected chi connectivity index (χ2v) is 5.02. The zero-order chi connectivity index (χ0) is 12.3. The van der Waals surface area contributed by atoms with Crippen LogP contribution in [0.3, 0.4) is 0 Å². The first-order chi connectivity index (χ1) is 8.08. The summed E-state index contributed by atoms with van der Waals surface area (Å²) in [5, 5.41) is 0.399. The van der Waals surface area contributed by atoms with Gasteiger partial charge in [0.15, 0.2) is 0 Å². The molecule has 5 nitrogen and oxygen atoms in total. The van der Waals surface area contributed by atoms with Gasteiger partial charge in [-0.15, -0.1) is 0 Å². The second kappa shape index (κ2) is 4.68. The highest BCUT2D eigenvalue weighted by Gasteiger charge is 2.17. The Morgan fingerprint density at radius 2 is 2.00 bits per heavy atom. The van der Waals surface area contributed by atoms with Crippen LogP contribution in [0.15, 0.2) is 47.8 Å². The molecule has 0 bridgehead atoms. The molecular weight excluding hydrogens is 264 g/mol. The fraction of sp³-hybridized carbons (Fsp3) is 0. The fourth-order valence-corrected chi connectivity index (χ4v) is 2.03. The van der Waals surface area contributed by atoms with E-state index < -0.39 is 10.1 Å². The maximum absolute atomic E-state index is 11.8. The van der Waals surface area contributed by atoms with Gasteiger partial charge in [-0.1, -0.05) is 11.6 Å². The summed E-state index contributed by atoms with van der Waals surface area (Å²) < 4.78 is 28.3. The van der Waals surface area contributed by atoms with Gasteiger partial charge in [-0.2, -0.15) is 8.42 Å². The maximum atomic E-state index is 11.8. The van der Waals surface area contributed by atoms with Gasteiger partial charge in [-0.05, 0) is 18.2 Å². The standard InChI is InChI=1S/C10H7ClN2O3S/c11-8-3-4-10(13-6-8)16-17(14,15)9-2-1-5-12-7-9/h1-7H. The van der Waals surface area contributed by atoms with E-state index in [1.807, 2.05) is 0 Å². The predicted molar refractivity (Wildman–Crippen MR) is 61.3 cm³/mol. The third kappa shape index (κ3) is 2.92. The summed E-state index contributed by atoms with van der Waals surface area (Å²) in [6.45, 7) is 0. The Morgan fingerprint density at radius 1 is 1.18 bits per heavy atom. The maximum Gasteiger partial charge on any atom is 0.342 e. The number of halogens is 1. The Balaban J connectivity index is 2.27. The largest absolute Gasteiger partial charge is 0.358 e. The summed E-state index contributed by atoms with van der Waals surface area (Å²) in [6, 6.07) is 5.75. The van der Waals surface area contributed by atoms with Crippen molar-refractivity contribution in [2.75, 3.05) is 0 Å². The minimum absolute atomic E-state index is 0.0308. The number of pyridine rings is 2. The first-order valence-electron chi connectivity index (χ1n) is 4.54. The zero-order valence-electron chi connectivity index (χ0n) is 8.45. The van der Waals surface area contributed by atoms with E-state index in [2.05, 4.69) is 9.97 Å². The van der Waals surface area contributed by atoms with Crippen LogP contribution in [0, 0.1) is 0 Å². The molecule has 7 heteroatoms. The van der Waals surface area contributed by atoms with Crippen LogP contribution in [-0.4, -0.2) is 18.4 Å². The summed E-state index contributed by atoms with van der Waals surface area (Å²) in [5.74, 6) is -0.0433. The van der Waals surface area contributed by atoms with Crippen molar-refractivity contribution in [3.63, 3.8) is 0 Å². The first-order valence-corrected chi connectivity index (χ1v) is 6.33. The lowest BCUT2D eigenvalue weighted by Gasteiger charge is -2.04. The Kier molecular flexibility index (Phi) is 3.26. The molecule has 0 spiro atoms. The van der Waals surface area contributed by atoms with Crippen LogP contribution < -0.4 is 4.18 Å². The van der Waals surface area contributed by atoms with Gasteiger partial charge in [-0.3, -0.25) is 4.98 Å². The first kappa shape index (κ1) is 11.8. The number of nitrogens with zero attached hydrogens (tertiary/aromatic N) is 2. The lowest BCUT2D eigenvalue weighted by atomic mass is 10.5. The van der Waals surface area contributed by atoms with Gasteiger partial charge in [0.25, 0.3) is 0 Å². The lowest BCUT2D eigenvalue weighted by molar-refractivity contribution is 0.475. The molecular formula is C10H7ClN2O3S. The molecule has 0 aliphatic carbocycles. The summed E-state index contributed by atoms with van der Waals surface area (Å²) >= 11 is 5.62. The number of hydrogen-bond acceptors (Lipinski definition) is 5.